The fourth-order valence-corrected chi connectivity index (χ4v) is 5.37. The summed E-state index contributed by atoms with van der Waals surface area (Å²) in [6.45, 7) is 11.7. The highest BCUT2D eigenvalue weighted by atomic mass is 19.4. The molecule has 1 heterocycles. The molecular weight excluding hydrogens is 513 g/mol. The van der Waals surface area contributed by atoms with Crippen molar-refractivity contribution in [3.63, 3.8) is 0 Å². The summed E-state index contributed by atoms with van der Waals surface area (Å²) >= 11 is 0. The van der Waals surface area contributed by atoms with E-state index in [1.165, 1.54) is 0 Å². The van der Waals surface area contributed by atoms with Gasteiger partial charge in [0.15, 0.2) is 0 Å². The van der Waals surface area contributed by atoms with Gasteiger partial charge in [0.05, 0.1) is 24.1 Å². The van der Waals surface area contributed by atoms with E-state index < -0.39 is 11.7 Å². The lowest BCUT2D eigenvalue weighted by Gasteiger charge is -2.24. The number of aryl methyl sites for hydroxylation is 1. The van der Waals surface area contributed by atoms with E-state index >= 15 is 0 Å². The summed E-state index contributed by atoms with van der Waals surface area (Å²) in [6, 6.07) is 10.4. The minimum absolute atomic E-state index is 0.00627. The van der Waals surface area contributed by atoms with Gasteiger partial charge in [-0.1, -0.05) is 27.4 Å². The van der Waals surface area contributed by atoms with E-state index in [0.29, 0.717) is 36.0 Å². The van der Waals surface area contributed by atoms with E-state index in [2.05, 4.69) is 21.7 Å². The summed E-state index contributed by atoms with van der Waals surface area (Å²) in [5, 5.41) is 12.0. The van der Waals surface area contributed by atoms with Gasteiger partial charge in [-0.25, -0.2) is 0 Å². The lowest BCUT2D eigenvalue weighted by Crippen LogP contribution is -2.31. The molecule has 5 nitrogen and oxygen atoms in total. The number of hydrogen-bond acceptors (Lipinski definition) is 5. The van der Waals surface area contributed by atoms with E-state index in [1.807, 2.05) is 53.1 Å². The Morgan fingerprint density at radius 1 is 1.12 bits per heavy atom. The van der Waals surface area contributed by atoms with Crippen LogP contribution in [0.25, 0.3) is 0 Å². The molecule has 2 aliphatic rings. The van der Waals surface area contributed by atoms with Crippen molar-refractivity contribution in [2.75, 3.05) is 44.5 Å². The van der Waals surface area contributed by atoms with Crippen LogP contribution in [0, 0.1) is 5.41 Å². The van der Waals surface area contributed by atoms with Gasteiger partial charge >= 0.3 is 6.18 Å². The number of rotatable bonds is 9. The Morgan fingerprint density at radius 2 is 1.82 bits per heavy atom. The molecule has 2 N–H and O–H groups in total. The second kappa shape index (κ2) is 13.4. The minimum Gasteiger partial charge on any atom is -0.497 e. The molecule has 1 saturated heterocycles. The molecule has 1 unspecified atom stereocenters. The zero-order valence-electron chi connectivity index (χ0n) is 24.6. The highest BCUT2D eigenvalue weighted by Gasteiger charge is 2.35. The summed E-state index contributed by atoms with van der Waals surface area (Å²) in [6.07, 6.45) is -0.573. The Morgan fingerprint density at radius 3 is 2.42 bits per heavy atom. The predicted molar refractivity (Wildman–Crippen MR) is 160 cm³/mol. The highest BCUT2D eigenvalue weighted by molar-refractivity contribution is 6.12. The van der Waals surface area contributed by atoms with Crippen molar-refractivity contribution in [1.29, 1.82) is 5.41 Å². The van der Waals surface area contributed by atoms with Crippen molar-refractivity contribution in [1.82, 2.24) is 4.90 Å². The molecule has 1 aliphatic carbocycles. The number of likely N-dealkylation sites (N-methyl/N-ethyl adjacent to an activating group) is 1. The standard InChI is InChI=1S/C30H37F3N4O.C2H6/c1-6-20-14-21(16-24(15-20)38-5)29(34)26-9-7-8-25(26)19(2)35-28-17-22(10-11-27(28)30(31,32)33)37-13-12-23(18-37)36(3)4;1-2/h10-11,14-17,23,34-35H,2,6-9,12-13,18H2,1,3-5H3;1-2H3. The van der Waals surface area contributed by atoms with Gasteiger partial charge in [-0.3, -0.25) is 5.41 Å². The predicted octanol–water partition coefficient (Wildman–Crippen LogP) is 7.92. The fraction of sp³-hybridized carbons (Fsp3) is 0.469. The van der Waals surface area contributed by atoms with Gasteiger partial charge in [-0.15, -0.1) is 0 Å². The molecular formula is C32H43F3N4O. The molecule has 4 rings (SSSR count). The molecule has 8 heteroatoms. The first kappa shape index (κ1) is 31.3. The van der Waals surface area contributed by atoms with Crippen LogP contribution in [0.2, 0.25) is 0 Å². The molecule has 0 aromatic heterocycles. The second-order valence-corrected chi connectivity index (χ2v) is 10.3. The van der Waals surface area contributed by atoms with Crippen LogP contribution in [0.4, 0.5) is 24.5 Å². The highest BCUT2D eigenvalue weighted by Crippen LogP contribution is 2.40. The summed E-state index contributed by atoms with van der Waals surface area (Å²) in [5.41, 5.74) is 4.24. The van der Waals surface area contributed by atoms with Crippen molar-refractivity contribution in [2.45, 2.75) is 65.1 Å². The summed E-state index contributed by atoms with van der Waals surface area (Å²) in [5.74, 6) is 0.686. The molecule has 0 radical (unpaired) electrons. The molecule has 0 spiro atoms. The first-order chi connectivity index (χ1) is 19.0. The van der Waals surface area contributed by atoms with E-state index in [0.717, 1.165) is 66.4 Å². The van der Waals surface area contributed by atoms with Crippen molar-refractivity contribution in [2.24, 2.45) is 0 Å². The lowest BCUT2D eigenvalue weighted by atomic mass is 9.96. The number of halogens is 3. The van der Waals surface area contributed by atoms with Crippen LogP contribution < -0.4 is 15.0 Å². The Kier molecular flexibility index (Phi) is 10.5. The van der Waals surface area contributed by atoms with Crippen LogP contribution in [0.5, 0.6) is 5.75 Å². The molecule has 0 saturated carbocycles. The molecule has 1 fully saturated rings. The van der Waals surface area contributed by atoms with Gasteiger partial charge in [0, 0.05) is 36.1 Å². The summed E-state index contributed by atoms with van der Waals surface area (Å²) < 4.78 is 47.3. The quantitative estimate of drug-likeness (QED) is 0.308. The molecule has 218 valence electrons. The summed E-state index contributed by atoms with van der Waals surface area (Å²) in [7, 11) is 5.65. The third-order valence-electron chi connectivity index (χ3n) is 7.64. The second-order valence-electron chi connectivity index (χ2n) is 10.3. The fourth-order valence-electron chi connectivity index (χ4n) is 5.37. The SMILES string of the molecule is C=C(Nc1cc(N2CCC(N(C)C)C2)ccc1C(F)(F)F)C1=C(C(=N)c2cc(CC)cc(OC)c2)CCC1.CC. The number of ether oxygens (including phenoxy) is 1. The van der Waals surface area contributed by atoms with Gasteiger partial charge in [-0.2, -0.15) is 13.2 Å². The maximum Gasteiger partial charge on any atom is 0.418 e. The van der Waals surface area contributed by atoms with Crippen LogP contribution in [0.1, 0.15) is 63.1 Å². The molecule has 0 amide bonds. The number of anilines is 2. The first-order valence-electron chi connectivity index (χ1n) is 14.1. The molecule has 40 heavy (non-hydrogen) atoms. The lowest BCUT2D eigenvalue weighted by molar-refractivity contribution is -0.136. The largest absolute Gasteiger partial charge is 0.497 e. The Hall–Kier alpha value is -3.26. The van der Waals surface area contributed by atoms with Crippen molar-refractivity contribution in [3.8, 4) is 5.75 Å². The van der Waals surface area contributed by atoms with Crippen LogP contribution in [0.15, 0.2) is 59.8 Å². The van der Waals surface area contributed by atoms with Gasteiger partial charge in [0.25, 0.3) is 0 Å². The number of nitrogens with zero attached hydrogens (tertiary/aromatic N) is 2. The van der Waals surface area contributed by atoms with Crippen molar-refractivity contribution < 1.29 is 17.9 Å². The molecule has 2 aromatic rings. The Labute approximate surface area is 237 Å². The average molecular weight is 557 g/mol. The third kappa shape index (κ3) is 7.08. The maximum atomic E-state index is 14.0. The Bertz CT molecular complexity index is 1230. The smallest absolute Gasteiger partial charge is 0.418 e. The van der Waals surface area contributed by atoms with Gasteiger partial charge in [-0.05, 0) is 99.3 Å². The molecule has 1 atom stereocenters. The number of nitrogens with one attached hydrogen (secondary N) is 2. The van der Waals surface area contributed by atoms with E-state index in [-0.39, 0.29) is 5.69 Å². The van der Waals surface area contributed by atoms with Crippen LogP contribution in [-0.2, 0) is 12.6 Å². The average Bonchev–Trinajstić information content (AvgIpc) is 3.63. The summed E-state index contributed by atoms with van der Waals surface area (Å²) in [4.78, 5) is 4.28. The molecule has 0 bridgehead atoms. The third-order valence-corrected chi connectivity index (χ3v) is 7.64. The topological polar surface area (TPSA) is 51.6 Å². The maximum absolute atomic E-state index is 14.0. The molecule has 1 aliphatic heterocycles. The van der Waals surface area contributed by atoms with E-state index in [9.17, 15) is 13.2 Å². The van der Waals surface area contributed by atoms with Crippen molar-refractivity contribution >= 4 is 17.1 Å². The number of hydrogen-bond donors (Lipinski definition) is 2. The Balaban J connectivity index is 0.00000216. The zero-order chi connectivity index (χ0) is 29.6. The van der Waals surface area contributed by atoms with Crippen LogP contribution in [0.3, 0.4) is 0 Å². The molecule has 2 aromatic carbocycles. The monoisotopic (exact) mass is 556 g/mol. The normalized spacial score (nSPS) is 17.1. The van der Waals surface area contributed by atoms with Gasteiger partial charge in [0.1, 0.15) is 5.75 Å². The minimum atomic E-state index is -4.50. The van der Waals surface area contributed by atoms with Crippen LogP contribution >= 0.6 is 0 Å². The van der Waals surface area contributed by atoms with E-state index in [1.54, 1.807) is 19.2 Å². The number of methoxy groups -OCH3 is 1. The number of alkyl halides is 3. The van der Waals surface area contributed by atoms with Crippen LogP contribution in [-0.4, -0.2) is 50.9 Å². The zero-order valence-corrected chi connectivity index (χ0v) is 24.6. The van der Waals surface area contributed by atoms with Gasteiger partial charge < -0.3 is 19.9 Å². The van der Waals surface area contributed by atoms with Crippen molar-refractivity contribution in [3.05, 3.63) is 76.5 Å². The van der Waals surface area contributed by atoms with Gasteiger partial charge in [0.2, 0.25) is 0 Å². The first-order valence-corrected chi connectivity index (χ1v) is 14.1. The van der Waals surface area contributed by atoms with E-state index in [4.69, 9.17) is 10.1 Å². The number of benzene rings is 2. The number of allylic oxidation sites excluding steroid dienone is 2.